The number of amides is 1. The van der Waals surface area contributed by atoms with Gasteiger partial charge < -0.3 is 4.74 Å². The van der Waals surface area contributed by atoms with Gasteiger partial charge in [-0.3, -0.25) is 9.69 Å². The first-order chi connectivity index (χ1) is 9.70. The number of carbonyl (C=O) groups excluding carboxylic acids is 2. The number of β-lactam (4-membered cyclic amide) rings is 1. The van der Waals surface area contributed by atoms with Gasteiger partial charge in [0.2, 0.25) is 0 Å². The predicted octanol–water partition coefficient (Wildman–Crippen LogP) is 2.33. The molecule has 3 rings (SSSR count). The van der Waals surface area contributed by atoms with Crippen molar-refractivity contribution in [2.45, 2.75) is 38.6 Å². The van der Waals surface area contributed by atoms with Crippen LogP contribution in [0.4, 0.5) is 0 Å². The van der Waals surface area contributed by atoms with Crippen LogP contribution in [0.15, 0.2) is 35.6 Å². The summed E-state index contributed by atoms with van der Waals surface area (Å²) in [5, 5.41) is 0. The van der Waals surface area contributed by atoms with Crippen LogP contribution >= 0.6 is 0 Å². The molecule has 1 amide bonds. The van der Waals surface area contributed by atoms with Gasteiger partial charge in [0.25, 0.3) is 5.91 Å². The Morgan fingerprint density at radius 1 is 1.50 bits per heavy atom. The van der Waals surface area contributed by atoms with E-state index in [1.54, 1.807) is 11.0 Å². The molecule has 4 heteroatoms. The normalized spacial score (nSPS) is 29.9. The first kappa shape index (κ1) is 13.2. The summed E-state index contributed by atoms with van der Waals surface area (Å²) in [4.78, 5) is 26.1. The smallest absolute Gasteiger partial charge is 0.355 e. The Bertz CT molecular complexity index is 544. The Balaban J connectivity index is 1.95. The fraction of sp³-hybridized carbons (Fsp3) is 0.500. The maximum atomic E-state index is 12.2. The molecule has 2 heterocycles. The second kappa shape index (κ2) is 4.93. The third kappa shape index (κ3) is 1.67. The first-order valence-corrected chi connectivity index (χ1v) is 7.21. The summed E-state index contributed by atoms with van der Waals surface area (Å²) in [6, 6.07) is 0.0779. The number of rotatable bonds is 3. The van der Waals surface area contributed by atoms with Gasteiger partial charge in [-0.2, -0.15) is 0 Å². The van der Waals surface area contributed by atoms with Crippen LogP contribution in [-0.2, 0) is 14.3 Å². The van der Waals surface area contributed by atoms with Gasteiger partial charge in [0.1, 0.15) is 12.3 Å². The maximum absolute atomic E-state index is 12.2. The second-order valence-electron chi connectivity index (χ2n) is 5.48. The molecule has 3 aliphatic rings. The molecule has 0 N–H and O–H groups in total. The summed E-state index contributed by atoms with van der Waals surface area (Å²) in [5.74, 6) is -0.0957. The fourth-order valence-electron chi connectivity index (χ4n) is 3.67. The van der Waals surface area contributed by atoms with E-state index < -0.39 is 0 Å². The van der Waals surface area contributed by atoms with Crippen molar-refractivity contribution in [3.8, 4) is 0 Å². The summed E-state index contributed by atoms with van der Waals surface area (Å²) < 4.78 is 5.17. The number of ether oxygens (including phenoxy) is 1. The molecule has 1 unspecified atom stereocenters. The van der Waals surface area contributed by atoms with Gasteiger partial charge >= 0.3 is 5.97 Å². The summed E-state index contributed by atoms with van der Waals surface area (Å²) >= 11 is 0. The lowest BCUT2D eigenvalue weighted by Gasteiger charge is -2.41. The molecule has 0 radical (unpaired) electrons. The van der Waals surface area contributed by atoms with E-state index in [0.717, 1.165) is 30.4 Å². The number of hydrogen-bond donors (Lipinski definition) is 0. The van der Waals surface area contributed by atoms with Crippen molar-refractivity contribution in [2.24, 2.45) is 5.92 Å². The van der Waals surface area contributed by atoms with Crippen LogP contribution in [-0.4, -0.2) is 29.4 Å². The molecule has 20 heavy (non-hydrogen) atoms. The zero-order valence-electron chi connectivity index (χ0n) is 11.7. The quantitative estimate of drug-likeness (QED) is 0.343. The fourth-order valence-corrected chi connectivity index (χ4v) is 3.67. The maximum Gasteiger partial charge on any atom is 0.355 e. The lowest BCUT2D eigenvalue weighted by molar-refractivity contribution is -0.145. The van der Waals surface area contributed by atoms with Crippen LogP contribution in [0.25, 0.3) is 0 Å². The van der Waals surface area contributed by atoms with Crippen LogP contribution in [0.1, 0.15) is 32.6 Å². The summed E-state index contributed by atoms with van der Waals surface area (Å²) in [5.41, 5.74) is 2.48. The number of hydrogen-bond acceptors (Lipinski definition) is 3. The van der Waals surface area contributed by atoms with Crippen molar-refractivity contribution >= 4 is 11.9 Å². The minimum atomic E-state index is -0.377. The van der Waals surface area contributed by atoms with Crippen molar-refractivity contribution in [1.29, 1.82) is 0 Å². The van der Waals surface area contributed by atoms with Crippen molar-refractivity contribution in [1.82, 2.24) is 4.90 Å². The lowest BCUT2D eigenvalue weighted by atomic mass is 9.77. The van der Waals surface area contributed by atoms with E-state index in [1.165, 1.54) is 6.42 Å². The van der Waals surface area contributed by atoms with Gasteiger partial charge in [-0.05, 0) is 31.8 Å². The standard InChI is InChI=1S/C16H19NO3/c1-3-9-20-16(19)14-12-8-6-5-7-11(12)13-10(4-2)15(18)17(13)14/h3-4,11,13H,1,5-9H2,2H3/t11?,13-/m0/s1. The highest BCUT2D eigenvalue weighted by molar-refractivity contribution is 6.09. The molecule has 106 valence electrons. The molecular weight excluding hydrogens is 254 g/mol. The molecule has 1 saturated carbocycles. The zero-order chi connectivity index (χ0) is 14.3. The van der Waals surface area contributed by atoms with Crippen LogP contribution in [0.3, 0.4) is 0 Å². The average Bonchev–Trinajstić information content (AvgIpc) is 2.77. The molecule has 1 aliphatic carbocycles. The molecule has 2 fully saturated rings. The topological polar surface area (TPSA) is 46.6 Å². The SMILES string of the molecule is C=CCOC(=O)C1=C2CCCCC2[C@@H]2C(=CC)C(=O)N12. The summed E-state index contributed by atoms with van der Waals surface area (Å²) in [7, 11) is 0. The van der Waals surface area contributed by atoms with E-state index in [4.69, 9.17) is 4.74 Å². The molecule has 0 bridgehead atoms. The highest BCUT2D eigenvalue weighted by Gasteiger charge is 2.56. The van der Waals surface area contributed by atoms with Crippen LogP contribution in [0, 0.1) is 5.92 Å². The van der Waals surface area contributed by atoms with E-state index in [1.807, 2.05) is 13.0 Å². The summed E-state index contributed by atoms with van der Waals surface area (Å²) in [6.45, 7) is 5.62. The van der Waals surface area contributed by atoms with Crippen molar-refractivity contribution in [3.05, 3.63) is 35.6 Å². The Morgan fingerprint density at radius 3 is 3.00 bits per heavy atom. The molecule has 2 atom stereocenters. The molecule has 0 aromatic rings. The average molecular weight is 273 g/mol. The van der Waals surface area contributed by atoms with Crippen molar-refractivity contribution < 1.29 is 14.3 Å². The van der Waals surface area contributed by atoms with Gasteiger partial charge in [0.15, 0.2) is 0 Å². The van der Waals surface area contributed by atoms with Crippen LogP contribution in [0.5, 0.6) is 0 Å². The van der Waals surface area contributed by atoms with E-state index in [2.05, 4.69) is 6.58 Å². The number of esters is 1. The van der Waals surface area contributed by atoms with Gasteiger partial charge in [-0.15, -0.1) is 0 Å². The predicted molar refractivity (Wildman–Crippen MR) is 74.5 cm³/mol. The van der Waals surface area contributed by atoms with Crippen LogP contribution in [0.2, 0.25) is 0 Å². The van der Waals surface area contributed by atoms with Gasteiger partial charge in [-0.1, -0.05) is 25.2 Å². The van der Waals surface area contributed by atoms with Gasteiger partial charge in [0.05, 0.1) is 6.04 Å². The largest absolute Gasteiger partial charge is 0.457 e. The molecular formula is C16H19NO3. The lowest BCUT2D eigenvalue weighted by Crippen LogP contribution is -2.55. The van der Waals surface area contributed by atoms with Crippen LogP contribution < -0.4 is 0 Å². The summed E-state index contributed by atoms with van der Waals surface area (Å²) in [6.07, 6.45) is 7.64. The molecule has 1 saturated heterocycles. The Labute approximate surface area is 118 Å². The Morgan fingerprint density at radius 2 is 2.30 bits per heavy atom. The molecule has 4 nitrogen and oxygen atoms in total. The van der Waals surface area contributed by atoms with Gasteiger partial charge in [-0.25, -0.2) is 4.79 Å². The second-order valence-corrected chi connectivity index (χ2v) is 5.48. The number of allylic oxidation sites excluding steroid dienone is 1. The minimum Gasteiger partial charge on any atom is -0.457 e. The third-order valence-corrected chi connectivity index (χ3v) is 4.48. The highest BCUT2D eigenvalue weighted by Crippen LogP contribution is 2.51. The van der Waals surface area contributed by atoms with E-state index in [-0.39, 0.29) is 24.5 Å². The first-order valence-electron chi connectivity index (χ1n) is 7.21. The Kier molecular flexibility index (Phi) is 3.24. The van der Waals surface area contributed by atoms with E-state index >= 15 is 0 Å². The van der Waals surface area contributed by atoms with Gasteiger partial charge in [0, 0.05) is 11.5 Å². The third-order valence-electron chi connectivity index (χ3n) is 4.48. The van der Waals surface area contributed by atoms with Crippen molar-refractivity contribution in [2.75, 3.05) is 6.61 Å². The van der Waals surface area contributed by atoms with E-state index in [9.17, 15) is 9.59 Å². The molecule has 2 aliphatic heterocycles. The Hall–Kier alpha value is -1.84. The number of carbonyl (C=O) groups is 2. The monoisotopic (exact) mass is 273 g/mol. The van der Waals surface area contributed by atoms with E-state index in [0.29, 0.717) is 11.6 Å². The molecule has 0 aromatic carbocycles. The van der Waals surface area contributed by atoms with Crippen molar-refractivity contribution in [3.63, 3.8) is 0 Å². The number of fused-ring (bicyclic) bond motifs is 3. The molecule has 0 spiro atoms. The minimum absolute atomic E-state index is 0.0371. The number of nitrogens with zero attached hydrogens (tertiary/aromatic N) is 1. The zero-order valence-corrected chi connectivity index (χ0v) is 11.7. The molecule has 0 aromatic heterocycles. The highest BCUT2D eigenvalue weighted by atomic mass is 16.5.